The Balaban J connectivity index is 2.83. The molecule has 0 radical (unpaired) electrons. The summed E-state index contributed by atoms with van der Waals surface area (Å²) in [6.45, 7) is 0. The van der Waals surface area contributed by atoms with E-state index < -0.39 is 0 Å². The zero-order valence-corrected chi connectivity index (χ0v) is 7.54. The summed E-state index contributed by atoms with van der Waals surface area (Å²) in [4.78, 5) is 14.4. The number of hydrogen-bond acceptors (Lipinski definition) is 3. The average Bonchev–Trinajstić information content (AvgIpc) is 2.52. The van der Waals surface area contributed by atoms with E-state index in [2.05, 4.69) is 20.9 Å². The van der Waals surface area contributed by atoms with Crippen molar-refractivity contribution in [2.45, 2.75) is 0 Å². The van der Waals surface area contributed by atoms with Crippen LogP contribution in [-0.2, 0) is 0 Å². The molecule has 3 nitrogen and oxygen atoms in total. The molecule has 60 valence electrons. The SMILES string of the molecule is O=Cc1cc2ccoc2c(Br)n1. The van der Waals surface area contributed by atoms with Gasteiger partial charge in [-0.25, -0.2) is 4.98 Å². The Morgan fingerprint density at radius 1 is 1.58 bits per heavy atom. The number of nitrogens with zero attached hydrogens (tertiary/aromatic N) is 1. The molecule has 0 atom stereocenters. The van der Waals surface area contributed by atoms with E-state index in [9.17, 15) is 4.79 Å². The second-order valence-electron chi connectivity index (χ2n) is 2.29. The number of rotatable bonds is 1. The summed E-state index contributed by atoms with van der Waals surface area (Å²) in [5.41, 5.74) is 1.07. The van der Waals surface area contributed by atoms with Crippen molar-refractivity contribution in [3.8, 4) is 0 Å². The number of aromatic nitrogens is 1. The standard InChI is InChI=1S/C8H4BrNO2/c9-8-7-5(1-2-12-7)3-6(4-11)10-8/h1-4H. The largest absolute Gasteiger partial charge is 0.461 e. The van der Waals surface area contributed by atoms with Crippen molar-refractivity contribution in [1.29, 1.82) is 0 Å². The summed E-state index contributed by atoms with van der Waals surface area (Å²) in [5, 5.41) is 0.874. The van der Waals surface area contributed by atoms with Crippen LogP contribution < -0.4 is 0 Å². The lowest BCUT2D eigenvalue weighted by Gasteiger charge is -1.93. The molecule has 2 aromatic heterocycles. The quantitative estimate of drug-likeness (QED) is 0.553. The van der Waals surface area contributed by atoms with Gasteiger partial charge in [-0.2, -0.15) is 0 Å². The second-order valence-corrected chi connectivity index (χ2v) is 3.05. The second kappa shape index (κ2) is 2.71. The van der Waals surface area contributed by atoms with Crippen LogP contribution in [0.3, 0.4) is 0 Å². The summed E-state index contributed by atoms with van der Waals surface area (Å²) in [6.07, 6.45) is 2.27. The Morgan fingerprint density at radius 2 is 2.42 bits per heavy atom. The lowest BCUT2D eigenvalue weighted by molar-refractivity contribution is 0.111. The van der Waals surface area contributed by atoms with E-state index in [1.165, 1.54) is 0 Å². The van der Waals surface area contributed by atoms with Gasteiger partial charge in [0.1, 0.15) is 10.3 Å². The molecule has 2 aromatic rings. The molecule has 0 spiro atoms. The minimum atomic E-state index is 0.399. The van der Waals surface area contributed by atoms with Crippen molar-refractivity contribution in [3.05, 3.63) is 28.7 Å². The van der Waals surface area contributed by atoms with E-state index in [1.807, 2.05) is 0 Å². The van der Waals surface area contributed by atoms with Crippen molar-refractivity contribution in [2.24, 2.45) is 0 Å². The Bertz CT molecular complexity index is 436. The third-order valence-corrected chi connectivity index (χ3v) is 2.07. The molecule has 0 aromatic carbocycles. The van der Waals surface area contributed by atoms with Gasteiger partial charge in [0.2, 0.25) is 0 Å². The molecule has 2 heterocycles. The fraction of sp³-hybridized carbons (Fsp3) is 0. The molecule has 0 fully saturated rings. The smallest absolute Gasteiger partial charge is 0.168 e. The number of furan rings is 1. The number of aldehydes is 1. The maximum Gasteiger partial charge on any atom is 0.168 e. The highest BCUT2D eigenvalue weighted by Gasteiger charge is 2.04. The first kappa shape index (κ1) is 7.49. The molecule has 2 rings (SSSR count). The van der Waals surface area contributed by atoms with E-state index in [4.69, 9.17) is 4.42 Å². The van der Waals surface area contributed by atoms with E-state index in [-0.39, 0.29) is 0 Å². The first-order chi connectivity index (χ1) is 5.81. The van der Waals surface area contributed by atoms with Crippen LogP contribution in [0.2, 0.25) is 0 Å². The molecular formula is C8H4BrNO2. The van der Waals surface area contributed by atoms with Crippen molar-refractivity contribution >= 4 is 33.2 Å². The van der Waals surface area contributed by atoms with Gasteiger partial charge in [0, 0.05) is 5.39 Å². The molecule has 0 aliphatic heterocycles. The molecule has 0 saturated heterocycles. The third-order valence-electron chi connectivity index (χ3n) is 1.53. The molecule has 0 amide bonds. The van der Waals surface area contributed by atoms with E-state index in [0.717, 1.165) is 5.39 Å². The highest BCUT2D eigenvalue weighted by molar-refractivity contribution is 9.10. The maximum atomic E-state index is 10.4. The van der Waals surface area contributed by atoms with Crippen molar-refractivity contribution < 1.29 is 9.21 Å². The Labute approximate surface area is 76.5 Å². The van der Waals surface area contributed by atoms with Gasteiger partial charge in [-0.05, 0) is 28.1 Å². The average molecular weight is 226 g/mol. The van der Waals surface area contributed by atoms with Crippen LogP contribution in [0.25, 0.3) is 11.0 Å². The normalized spacial score (nSPS) is 10.4. The number of carbonyl (C=O) groups is 1. The molecule has 0 bridgehead atoms. The summed E-state index contributed by atoms with van der Waals surface area (Å²) in [5.74, 6) is 0. The van der Waals surface area contributed by atoms with Gasteiger partial charge >= 0.3 is 0 Å². The lowest BCUT2D eigenvalue weighted by Crippen LogP contribution is -1.86. The molecular weight excluding hydrogens is 222 g/mol. The van der Waals surface area contributed by atoms with Crippen LogP contribution in [0.15, 0.2) is 27.4 Å². The predicted octanol–water partition coefficient (Wildman–Crippen LogP) is 2.40. The summed E-state index contributed by atoms with van der Waals surface area (Å²) in [7, 11) is 0. The highest BCUT2D eigenvalue weighted by atomic mass is 79.9. The molecule has 0 aliphatic rings. The Kier molecular flexibility index (Phi) is 1.69. The van der Waals surface area contributed by atoms with Crippen molar-refractivity contribution in [3.63, 3.8) is 0 Å². The number of carbonyl (C=O) groups excluding carboxylic acids is 1. The monoisotopic (exact) mass is 225 g/mol. The minimum absolute atomic E-state index is 0.399. The molecule has 4 heteroatoms. The van der Waals surface area contributed by atoms with E-state index in [0.29, 0.717) is 22.2 Å². The van der Waals surface area contributed by atoms with Crippen molar-refractivity contribution in [1.82, 2.24) is 4.98 Å². The van der Waals surface area contributed by atoms with Gasteiger partial charge in [-0.15, -0.1) is 0 Å². The Morgan fingerprint density at radius 3 is 3.17 bits per heavy atom. The molecule has 0 N–H and O–H groups in total. The molecule has 0 saturated carbocycles. The predicted molar refractivity (Wildman–Crippen MR) is 47.1 cm³/mol. The Hall–Kier alpha value is -1.16. The van der Waals surface area contributed by atoms with Gasteiger partial charge < -0.3 is 4.42 Å². The molecule has 12 heavy (non-hydrogen) atoms. The van der Waals surface area contributed by atoms with Gasteiger partial charge in [0.05, 0.1) is 6.26 Å². The maximum absolute atomic E-state index is 10.4. The first-order valence-corrected chi connectivity index (χ1v) is 4.09. The van der Waals surface area contributed by atoms with Crippen LogP contribution in [0, 0.1) is 0 Å². The van der Waals surface area contributed by atoms with E-state index in [1.54, 1.807) is 18.4 Å². The number of halogens is 1. The van der Waals surface area contributed by atoms with Crippen molar-refractivity contribution in [2.75, 3.05) is 0 Å². The third kappa shape index (κ3) is 1.04. The zero-order valence-electron chi connectivity index (χ0n) is 5.95. The van der Waals surface area contributed by atoms with Gasteiger partial charge in [-0.3, -0.25) is 4.79 Å². The number of hydrogen-bond donors (Lipinski definition) is 0. The highest BCUT2D eigenvalue weighted by Crippen LogP contribution is 2.23. The molecule has 0 unspecified atom stereocenters. The zero-order chi connectivity index (χ0) is 8.55. The van der Waals surface area contributed by atoms with Gasteiger partial charge in [0.15, 0.2) is 11.9 Å². The number of pyridine rings is 1. The van der Waals surface area contributed by atoms with Crippen LogP contribution in [0.4, 0.5) is 0 Å². The molecule has 0 aliphatic carbocycles. The fourth-order valence-electron chi connectivity index (χ4n) is 1.02. The number of fused-ring (bicyclic) bond motifs is 1. The van der Waals surface area contributed by atoms with Crippen LogP contribution in [0.5, 0.6) is 0 Å². The van der Waals surface area contributed by atoms with Crippen LogP contribution in [0.1, 0.15) is 10.5 Å². The van der Waals surface area contributed by atoms with Crippen LogP contribution in [-0.4, -0.2) is 11.3 Å². The van der Waals surface area contributed by atoms with Gasteiger partial charge in [-0.1, -0.05) is 0 Å². The first-order valence-electron chi connectivity index (χ1n) is 3.30. The topological polar surface area (TPSA) is 43.1 Å². The van der Waals surface area contributed by atoms with Crippen LogP contribution >= 0.6 is 15.9 Å². The fourth-order valence-corrected chi connectivity index (χ4v) is 1.54. The lowest BCUT2D eigenvalue weighted by atomic mass is 10.3. The van der Waals surface area contributed by atoms with E-state index >= 15 is 0 Å². The van der Waals surface area contributed by atoms with Gasteiger partial charge in [0.25, 0.3) is 0 Å². The minimum Gasteiger partial charge on any atom is -0.461 e. The summed E-state index contributed by atoms with van der Waals surface area (Å²) < 4.78 is 5.68. The summed E-state index contributed by atoms with van der Waals surface area (Å²) >= 11 is 3.20. The summed E-state index contributed by atoms with van der Waals surface area (Å²) in [6, 6.07) is 3.46.